The molecule has 1 amide bonds. The molecule has 0 saturated heterocycles. The lowest BCUT2D eigenvalue weighted by molar-refractivity contribution is -0.117. The Kier molecular flexibility index (Phi) is 5.85. The Labute approximate surface area is 179 Å². The Morgan fingerprint density at radius 1 is 1.13 bits per heavy atom. The Morgan fingerprint density at radius 2 is 1.94 bits per heavy atom. The van der Waals surface area contributed by atoms with Crippen molar-refractivity contribution in [1.29, 1.82) is 0 Å². The SMILES string of the molecule is O=C(NCc1ccc(OCc2cccc(F)c2)cc1)C1=CN2CCS(=O)(=O)N=C2C=C1. The van der Waals surface area contributed by atoms with E-state index in [0.717, 1.165) is 11.1 Å². The highest BCUT2D eigenvalue weighted by molar-refractivity contribution is 7.90. The monoisotopic (exact) mass is 441 g/mol. The summed E-state index contributed by atoms with van der Waals surface area (Å²) in [6.07, 6.45) is 4.68. The van der Waals surface area contributed by atoms with Gasteiger partial charge in [0.1, 0.15) is 24.0 Å². The average Bonchev–Trinajstić information content (AvgIpc) is 2.76. The molecule has 160 valence electrons. The zero-order chi connectivity index (χ0) is 21.8. The fourth-order valence-electron chi connectivity index (χ4n) is 3.12. The summed E-state index contributed by atoms with van der Waals surface area (Å²) in [6.45, 7) is 0.848. The number of benzene rings is 2. The van der Waals surface area contributed by atoms with Crippen molar-refractivity contribution in [2.45, 2.75) is 13.2 Å². The number of amidine groups is 1. The molecule has 2 aliphatic rings. The smallest absolute Gasteiger partial charge is 0.256 e. The van der Waals surface area contributed by atoms with Crippen LogP contribution >= 0.6 is 0 Å². The summed E-state index contributed by atoms with van der Waals surface area (Å²) < 4.78 is 45.7. The van der Waals surface area contributed by atoms with Gasteiger partial charge in [-0.15, -0.1) is 4.40 Å². The summed E-state index contributed by atoms with van der Waals surface area (Å²) in [4.78, 5) is 14.1. The molecule has 31 heavy (non-hydrogen) atoms. The molecule has 7 nitrogen and oxygen atoms in total. The zero-order valence-electron chi connectivity index (χ0n) is 16.5. The first kappa shape index (κ1) is 20.8. The quantitative estimate of drug-likeness (QED) is 0.744. The number of hydrogen-bond acceptors (Lipinski definition) is 5. The molecule has 2 aliphatic heterocycles. The van der Waals surface area contributed by atoms with Crippen LogP contribution in [0.3, 0.4) is 0 Å². The third kappa shape index (κ3) is 5.37. The predicted octanol–water partition coefficient (Wildman–Crippen LogP) is 2.52. The second-order valence-corrected chi connectivity index (χ2v) is 8.85. The number of ether oxygens (including phenoxy) is 1. The predicted molar refractivity (Wildman–Crippen MR) is 114 cm³/mol. The van der Waals surface area contributed by atoms with Gasteiger partial charge in [-0.05, 0) is 47.5 Å². The van der Waals surface area contributed by atoms with Gasteiger partial charge >= 0.3 is 0 Å². The minimum Gasteiger partial charge on any atom is -0.489 e. The largest absolute Gasteiger partial charge is 0.489 e. The van der Waals surface area contributed by atoms with E-state index >= 15 is 0 Å². The normalized spacial score (nSPS) is 16.7. The first-order chi connectivity index (χ1) is 14.9. The molecule has 0 saturated carbocycles. The van der Waals surface area contributed by atoms with Gasteiger partial charge in [0.05, 0.1) is 11.3 Å². The van der Waals surface area contributed by atoms with E-state index in [0.29, 0.717) is 23.7 Å². The number of hydrogen-bond donors (Lipinski definition) is 1. The number of carbonyl (C=O) groups excluding carboxylic acids is 1. The van der Waals surface area contributed by atoms with Crippen molar-refractivity contribution < 1.29 is 22.3 Å². The van der Waals surface area contributed by atoms with E-state index in [4.69, 9.17) is 4.74 Å². The number of amides is 1. The summed E-state index contributed by atoms with van der Waals surface area (Å²) in [5, 5.41) is 2.84. The molecule has 0 aromatic heterocycles. The van der Waals surface area contributed by atoms with Crippen LogP contribution in [0.5, 0.6) is 5.75 Å². The lowest BCUT2D eigenvalue weighted by atomic mass is 10.1. The summed E-state index contributed by atoms with van der Waals surface area (Å²) in [7, 11) is -3.42. The maximum absolute atomic E-state index is 13.2. The number of nitrogens with one attached hydrogen (secondary N) is 1. The Bertz CT molecular complexity index is 1190. The first-order valence-corrected chi connectivity index (χ1v) is 11.2. The van der Waals surface area contributed by atoms with Gasteiger partial charge in [0.2, 0.25) is 0 Å². The van der Waals surface area contributed by atoms with Crippen molar-refractivity contribution in [3.63, 3.8) is 0 Å². The summed E-state index contributed by atoms with van der Waals surface area (Å²) in [5.41, 5.74) is 2.05. The van der Waals surface area contributed by atoms with Crippen molar-refractivity contribution in [3.8, 4) is 5.75 Å². The van der Waals surface area contributed by atoms with E-state index in [1.807, 2.05) is 12.1 Å². The van der Waals surface area contributed by atoms with Crippen molar-refractivity contribution in [1.82, 2.24) is 10.2 Å². The average molecular weight is 441 g/mol. The van der Waals surface area contributed by atoms with Crippen LogP contribution < -0.4 is 10.1 Å². The molecule has 2 aromatic carbocycles. The molecule has 0 aliphatic carbocycles. The molecule has 0 fully saturated rings. The highest BCUT2D eigenvalue weighted by atomic mass is 32.2. The van der Waals surface area contributed by atoms with Crippen molar-refractivity contribution >= 4 is 21.8 Å². The minimum absolute atomic E-state index is 0.0800. The van der Waals surface area contributed by atoms with E-state index in [-0.39, 0.29) is 30.6 Å². The number of fused-ring (bicyclic) bond motifs is 1. The molecule has 0 unspecified atom stereocenters. The number of carbonyl (C=O) groups is 1. The van der Waals surface area contributed by atoms with Gasteiger partial charge in [-0.2, -0.15) is 0 Å². The highest BCUT2D eigenvalue weighted by Gasteiger charge is 2.24. The van der Waals surface area contributed by atoms with E-state index in [1.165, 1.54) is 18.2 Å². The molecule has 0 spiro atoms. The summed E-state index contributed by atoms with van der Waals surface area (Å²) in [5.74, 6) is 0.309. The molecular weight excluding hydrogens is 421 g/mol. The molecule has 4 rings (SSSR count). The zero-order valence-corrected chi connectivity index (χ0v) is 17.3. The van der Waals surface area contributed by atoms with Gasteiger partial charge in [-0.1, -0.05) is 24.3 Å². The van der Waals surface area contributed by atoms with Crippen LogP contribution in [-0.2, 0) is 28.0 Å². The van der Waals surface area contributed by atoms with E-state index in [1.54, 1.807) is 41.4 Å². The van der Waals surface area contributed by atoms with Gasteiger partial charge in [-0.25, -0.2) is 12.8 Å². The Hall–Kier alpha value is -3.46. The summed E-state index contributed by atoms with van der Waals surface area (Å²) >= 11 is 0. The first-order valence-electron chi connectivity index (χ1n) is 9.61. The minimum atomic E-state index is -3.42. The number of halogens is 1. The fraction of sp³-hybridized carbons (Fsp3) is 0.182. The van der Waals surface area contributed by atoms with E-state index in [9.17, 15) is 17.6 Å². The number of nitrogens with zero attached hydrogens (tertiary/aromatic N) is 2. The second kappa shape index (κ2) is 8.73. The standard InChI is InChI=1S/C22H20FN3O4S/c23-19-3-1-2-17(12-19)15-30-20-7-4-16(5-8-20)13-24-22(27)18-6-9-21-25-31(28,29)11-10-26(21)14-18/h1-9,12,14H,10-11,13,15H2,(H,24,27). The molecule has 2 heterocycles. The molecule has 2 aromatic rings. The molecule has 1 N–H and O–H groups in total. The number of rotatable bonds is 6. The van der Waals surface area contributed by atoms with Crippen LogP contribution in [0.25, 0.3) is 0 Å². The van der Waals surface area contributed by atoms with E-state index in [2.05, 4.69) is 9.71 Å². The third-order valence-corrected chi connectivity index (χ3v) is 5.92. The molecule has 0 radical (unpaired) electrons. The maximum atomic E-state index is 13.2. The Balaban J connectivity index is 1.30. The molecular formula is C22H20FN3O4S. The van der Waals surface area contributed by atoms with Crippen molar-refractivity contribution in [3.05, 3.63) is 89.4 Å². The van der Waals surface area contributed by atoms with Crippen LogP contribution in [0.15, 0.2) is 76.9 Å². The second-order valence-electron chi connectivity index (χ2n) is 7.09. The van der Waals surface area contributed by atoms with Crippen molar-refractivity contribution in [2.75, 3.05) is 12.3 Å². The van der Waals surface area contributed by atoms with E-state index < -0.39 is 10.0 Å². The van der Waals surface area contributed by atoms with Gasteiger partial charge in [0, 0.05) is 19.3 Å². The van der Waals surface area contributed by atoms with Gasteiger partial charge in [-0.3, -0.25) is 4.79 Å². The number of sulfonamides is 1. The highest BCUT2D eigenvalue weighted by Crippen LogP contribution is 2.17. The molecule has 0 atom stereocenters. The van der Waals surface area contributed by atoms with Crippen LogP contribution in [0.4, 0.5) is 4.39 Å². The van der Waals surface area contributed by atoms with Gasteiger partial charge in [0.15, 0.2) is 0 Å². The fourth-order valence-corrected chi connectivity index (χ4v) is 4.09. The Morgan fingerprint density at radius 3 is 2.71 bits per heavy atom. The maximum Gasteiger partial charge on any atom is 0.256 e. The topological polar surface area (TPSA) is 88.1 Å². The molecule has 9 heteroatoms. The van der Waals surface area contributed by atoms with Crippen LogP contribution in [0.1, 0.15) is 11.1 Å². The lowest BCUT2D eigenvalue weighted by Gasteiger charge is -2.26. The van der Waals surface area contributed by atoms with Crippen molar-refractivity contribution in [2.24, 2.45) is 4.40 Å². The van der Waals surface area contributed by atoms with Crippen LogP contribution in [0, 0.1) is 5.82 Å². The summed E-state index contributed by atoms with van der Waals surface area (Å²) in [6, 6.07) is 13.5. The van der Waals surface area contributed by atoms with Crippen LogP contribution in [0.2, 0.25) is 0 Å². The molecule has 0 bridgehead atoms. The van der Waals surface area contributed by atoms with Gasteiger partial charge in [0.25, 0.3) is 15.9 Å². The van der Waals surface area contributed by atoms with Gasteiger partial charge < -0.3 is 15.0 Å². The third-order valence-electron chi connectivity index (χ3n) is 4.76. The van der Waals surface area contributed by atoms with Crippen LogP contribution in [-0.4, -0.2) is 37.4 Å². The lowest BCUT2D eigenvalue weighted by Crippen LogP contribution is -2.38.